The van der Waals surface area contributed by atoms with E-state index in [0.29, 0.717) is 12.1 Å². The monoisotopic (exact) mass is 320 g/mol. The molecule has 1 aromatic heterocycles. The molecule has 0 saturated heterocycles. The number of nitrogens with one attached hydrogen (secondary N) is 1. The van der Waals surface area contributed by atoms with Gasteiger partial charge in [-0.2, -0.15) is 0 Å². The third-order valence-corrected chi connectivity index (χ3v) is 5.47. The van der Waals surface area contributed by atoms with E-state index in [2.05, 4.69) is 47.8 Å². The second-order valence-corrected chi connectivity index (χ2v) is 7.09. The molecule has 2 nitrogen and oxygen atoms in total. The first kappa shape index (κ1) is 14.9. The Labute approximate surface area is 135 Å². The summed E-state index contributed by atoms with van der Waals surface area (Å²) in [4.78, 5) is 3.65. The van der Waals surface area contributed by atoms with Crippen molar-refractivity contribution in [2.45, 2.75) is 38.4 Å². The number of hydrogen-bond acceptors (Lipinski definition) is 3. The van der Waals surface area contributed by atoms with E-state index >= 15 is 0 Å². The van der Waals surface area contributed by atoms with Gasteiger partial charge in [-0.25, -0.2) is 0 Å². The first-order valence-corrected chi connectivity index (χ1v) is 8.69. The summed E-state index contributed by atoms with van der Waals surface area (Å²) in [5, 5.41) is 6.54. The second kappa shape index (κ2) is 6.39. The van der Waals surface area contributed by atoms with Gasteiger partial charge in [-0.3, -0.25) is 0 Å². The van der Waals surface area contributed by atoms with Crippen LogP contribution < -0.4 is 10.2 Å². The highest BCUT2D eigenvalue weighted by atomic mass is 35.5. The summed E-state index contributed by atoms with van der Waals surface area (Å²) in [6.45, 7) is 3.12. The fourth-order valence-corrected chi connectivity index (χ4v) is 3.71. The van der Waals surface area contributed by atoms with Gasteiger partial charge >= 0.3 is 0 Å². The normalized spacial score (nSPS) is 16.0. The Kier molecular flexibility index (Phi) is 4.53. The summed E-state index contributed by atoms with van der Waals surface area (Å²) in [7, 11) is 2.13. The average Bonchev–Trinajstić information content (AvgIpc) is 3.15. The summed E-state index contributed by atoms with van der Waals surface area (Å²) >= 11 is 8.29. The molecule has 1 aliphatic rings. The first-order chi connectivity index (χ1) is 10.2. The molecule has 112 valence electrons. The van der Waals surface area contributed by atoms with Crippen LogP contribution in [0.2, 0.25) is 5.02 Å². The Morgan fingerprint density at radius 2 is 2.14 bits per heavy atom. The van der Waals surface area contributed by atoms with Gasteiger partial charge < -0.3 is 10.2 Å². The van der Waals surface area contributed by atoms with Crippen molar-refractivity contribution >= 4 is 28.6 Å². The summed E-state index contributed by atoms with van der Waals surface area (Å²) in [5.74, 6) is 0. The molecule has 0 aliphatic heterocycles. The lowest BCUT2D eigenvalue weighted by Crippen LogP contribution is -2.24. The van der Waals surface area contributed by atoms with E-state index in [0.717, 1.165) is 17.3 Å². The molecule has 3 rings (SSSR count). The highest BCUT2D eigenvalue weighted by molar-refractivity contribution is 7.10. The number of rotatable bonds is 6. The Bertz CT molecular complexity index is 593. The number of thiophene rings is 1. The topological polar surface area (TPSA) is 15.3 Å². The highest BCUT2D eigenvalue weighted by Gasteiger charge is 2.22. The van der Waals surface area contributed by atoms with Crippen molar-refractivity contribution in [2.75, 3.05) is 11.9 Å². The molecular weight excluding hydrogens is 300 g/mol. The molecule has 1 unspecified atom stereocenters. The standard InChI is InChI=1S/C17H21ClN2S/c1-12(16-7-4-10-21-16)20(2)17-13(5-3-6-15(17)18)11-19-14-8-9-14/h3-7,10,12,14,19H,8-9,11H2,1-2H3. The quantitative estimate of drug-likeness (QED) is 0.818. The van der Waals surface area contributed by atoms with E-state index in [1.165, 1.54) is 23.3 Å². The van der Waals surface area contributed by atoms with Gasteiger partial charge in [-0.1, -0.05) is 29.8 Å². The zero-order chi connectivity index (χ0) is 14.8. The maximum atomic E-state index is 6.49. The van der Waals surface area contributed by atoms with Crippen molar-refractivity contribution in [3.8, 4) is 0 Å². The summed E-state index contributed by atoms with van der Waals surface area (Å²) < 4.78 is 0. The number of halogens is 1. The van der Waals surface area contributed by atoms with Gasteiger partial charge in [0.2, 0.25) is 0 Å². The zero-order valence-corrected chi connectivity index (χ0v) is 14.0. The van der Waals surface area contributed by atoms with E-state index < -0.39 is 0 Å². The lowest BCUT2D eigenvalue weighted by molar-refractivity contribution is 0.679. The highest BCUT2D eigenvalue weighted by Crippen LogP contribution is 2.36. The van der Waals surface area contributed by atoms with Crippen LogP contribution >= 0.6 is 22.9 Å². The number of para-hydroxylation sites is 1. The Morgan fingerprint density at radius 1 is 1.33 bits per heavy atom. The van der Waals surface area contributed by atoms with E-state index in [1.807, 2.05) is 12.1 Å². The Hall–Kier alpha value is -1.03. The lowest BCUT2D eigenvalue weighted by atomic mass is 10.1. The van der Waals surface area contributed by atoms with Gasteiger partial charge in [0.15, 0.2) is 0 Å². The van der Waals surface area contributed by atoms with Gasteiger partial charge in [0.25, 0.3) is 0 Å². The second-order valence-electron chi connectivity index (χ2n) is 5.71. The molecule has 0 amide bonds. The van der Waals surface area contributed by atoms with Crippen molar-refractivity contribution < 1.29 is 0 Å². The maximum Gasteiger partial charge on any atom is 0.0643 e. The van der Waals surface area contributed by atoms with Crippen LogP contribution in [-0.2, 0) is 6.54 Å². The predicted molar refractivity (Wildman–Crippen MR) is 92.5 cm³/mol. The molecule has 21 heavy (non-hydrogen) atoms. The third-order valence-electron chi connectivity index (χ3n) is 4.12. The largest absolute Gasteiger partial charge is 0.366 e. The fourth-order valence-electron chi connectivity index (χ4n) is 2.55. The van der Waals surface area contributed by atoms with Crippen LogP contribution in [0, 0.1) is 0 Å². The first-order valence-electron chi connectivity index (χ1n) is 7.44. The molecule has 1 fully saturated rings. The molecule has 1 heterocycles. The van der Waals surface area contributed by atoms with Crippen LogP contribution in [0.1, 0.15) is 36.2 Å². The van der Waals surface area contributed by atoms with Crippen molar-refractivity contribution in [2.24, 2.45) is 0 Å². The summed E-state index contributed by atoms with van der Waals surface area (Å²) in [6, 6.07) is 11.5. The molecule has 1 saturated carbocycles. The predicted octanol–water partition coefficient (Wildman–Crippen LogP) is 4.85. The molecule has 1 atom stereocenters. The third kappa shape index (κ3) is 3.42. The SMILES string of the molecule is CC(c1cccs1)N(C)c1c(Cl)cccc1CNC1CC1. The van der Waals surface area contributed by atoms with Crippen LogP contribution in [0.25, 0.3) is 0 Å². The van der Waals surface area contributed by atoms with Gasteiger partial charge in [-0.05, 0) is 42.8 Å². The summed E-state index contributed by atoms with van der Waals surface area (Å²) in [6.07, 6.45) is 2.61. The van der Waals surface area contributed by atoms with E-state index in [1.54, 1.807) is 11.3 Å². The van der Waals surface area contributed by atoms with Gasteiger partial charge in [0.1, 0.15) is 0 Å². The Morgan fingerprint density at radius 3 is 2.81 bits per heavy atom. The maximum absolute atomic E-state index is 6.49. The van der Waals surface area contributed by atoms with Crippen LogP contribution in [0.5, 0.6) is 0 Å². The van der Waals surface area contributed by atoms with Crippen LogP contribution in [0.3, 0.4) is 0 Å². The van der Waals surface area contributed by atoms with Crippen LogP contribution in [0.15, 0.2) is 35.7 Å². The van der Waals surface area contributed by atoms with Crippen LogP contribution in [-0.4, -0.2) is 13.1 Å². The smallest absolute Gasteiger partial charge is 0.0643 e. The van der Waals surface area contributed by atoms with Gasteiger partial charge in [0, 0.05) is 24.5 Å². The molecule has 0 bridgehead atoms. The van der Waals surface area contributed by atoms with Crippen molar-refractivity contribution in [3.05, 3.63) is 51.2 Å². The van der Waals surface area contributed by atoms with Crippen molar-refractivity contribution in [1.82, 2.24) is 5.32 Å². The minimum Gasteiger partial charge on any atom is -0.366 e. The minimum absolute atomic E-state index is 0.324. The number of anilines is 1. The van der Waals surface area contributed by atoms with Gasteiger partial charge in [-0.15, -0.1) is 11.3 Å². The molecule has 4 heteroatoms. The van der Waals surface area contributed by atoms with Gasteiger partial charge in [0.05, 0.1) is 16.8 Å². The fraction of sp³-hybridized carbons (Fsp3) is 0.412. The Balaban J connectivity index is 1.84. The molecule has 0 radical (unpaired) electrons. The lowest BCUT2D eigenvalue weighted by Gasteiger charge is -2.29. The number of hydrogen-bond donors (Lipinski definition) is 1. The molecular formula is C17H21ClN2S. The average molecular weight is 321 g/mol. The minimum atomic E-state index is 0.324. The zero-order valence-electron chi connectivity index (χ0n) is 12.5. The molecule has 1 N–H and O–H groups in total. The van der Waals surface area contributed by atoms with Crippen molar-refractivity contribution in [3.63, 3.8) is 0 Å². The van der Waals surface area contributed by atoms with Crippen molar-refractivity contribution in [1.29, 1.82) is 0 Å². The van der Waals surface area contributed by atoms with Crippen LogP contribution in [0.4, 0.5) is 5.69 Å². The molecule has 0 spiro atoms. The molecule has 1 aliphatic carbocycles. The number of benzene rings is 1. The molecule has 1 aromatic carbocycles. The molecule has 2 aromatic rings. The van der Waals surface area contributed by atoms with E-state index in [9.17, 15) is 0 Å². The number of nitrogens with zero attached hydrogens (tertiary/aromatic N) is 1. The van der Waals surface area contributed by atoms with E-state index in [-0.39, 0.29) is 0 Å². The summed E-state index contributed by atoms with van der Waals surface area (Å²) in [5.41, 5.74) is 2.42. The van der Waals surface area contributed by atoms with E-state index in [4.69, 9.17) is 11.6 Å².